The van der Waals surface area contributed by atoms with Gasteiger partial charge in [-0.2, -0.15) is 11.8 Å². The van der Waals surface area contributed by atoms with Crippen molar-refractivity contribution in [3.63, 3.8) is 0 Å². The van der Waals surface area contributed by atoms with Crippen LogP contribution in [0.25, 0.3) is 0 Å². The average molecular weight is 258 g/mol. The van der Waals surface area contributed by atoms with Gasteiger partial charge >= 0.3 is 0 Å². The van der Waals surface area contributed by atoms with E-state index in [0.29, 0.717) is 0 Å². The van der Waals surface area contributed by atoms with Crippen molar-refractivity contribution < 1.29 is 0 Å². The fraction of sp³-hybridized carbons (Fsp3) is 1.00. The molecule has 17 heavy (non-hydrogen) atoms. The van der Waals surface area contributed by atoms with Gasteiger partial charge in [-0.15, -0.1) is 0 Å². The molecule has 0 unspecified atom stereocenters. The first-order valence-corrected chi connectivity index (χ1v) is 8.48. The van der Waals surface area contributed by atoms with Gasteiger partial charge in [0.2, 0.25) is 0 Å². The van der Waals surface area contributed by atoms with Crippen LogP contribution in [-0.2, 0) is 0 Å². The number of hydrogen-bond acceptors (Lipinski definition) is 3. The monoisotopic (exact) mass is 258 g/mol. The third-order valence-corrected chi connectivity index (χ3v) is 4.59. The first-order chi connectivity index (χ1) is 8.34. The standard InChI is InChI=1S/C14H30N2S/c1-3-17-13-11-15-10-7-12-16(2)14-8-5-4-6-9-14/h14-15H,3-13H2,1-2H3. The van der Waals surface area contributed by atoms with Gasteiger partial charge in [0.1, 0.15) is 0 Å². The van der Waals surface area contributed by atoms with Crippen LogP contribution in [0.1, 0.15) is 45.4 Å². The Bertz CT molecular complexity index is 170. The number of thioether (sulfide) groups is 1. The second-order valence-corrected chi connectivity index (χ2v) is 6.47. The summed E-state index contributed by atoms with van der Waals surface area (Å²) in [7, 11) is 2.31. The molecular weight excluding hydrogens is 228 g/mol. The molecule has 1 fully saturated rings. The Hall–Kier alpha value is 0.270. The van der Waals surface area contributed by atoms with Crippen LogP contribution >= 0.6 is 11.8 Å². The summed E-state index contributed by atoms with van der Waals surface area (Å²) in [5.74, 6) is 2.50. The largest absolute Gasteiger partial charge is 0.316 e. The average Bonchev–Trinajstić information content (AvgIpc) is 2.38. The van der Waals surface area contributed by atoms with E-state index in [1.54, 1.807) is 0 Å². The summed E-state index contributed by atoms with van der Waals surface area (Å²) in [6.07, 6.45) is 8.50. The molecule has 3 heteroatoms. The molecule has 0 saturated heterocycles. The molecule has 0 aliphatic heterocycles. The van der Waals surface area contributed by atoms with Gasteiger partial charge in [-0.05, 0) is 45.2 Å². The molecule has 0 radical (unpaired) electrons. The van der Waals surface area contributed by atoms with E-state index in [2.05, 4.69) is 24.2 Å². The zero-order valence-corrected chi connectivity index (χ0v) is 12.5. The second-order valence-electron chi connectivity index (χ2n) is 5.07. The highest BCUT2D eigenvalue weighted by atomic mass is 32.2. The summed E-state index contributed by atoms with van der Waals surface area (Å²) in [6, 6.07) is 0.874. The van der Waals surface area contributed by atoms with Crippen LogP contribution in [-0.4, -0.2) is 49.1 Å². The summed E-state index contributed by atoms with van der Waals surface area (Å²) >= 11 is 2.02. The van der Waals surface area contributed by atoms with Crippen molar-refractivity contribution >= 4 is 11.8 Å². The molecule has 102 valence electrons. The van der Waals surface area contributed by atoms with Gasteiger partial charge in [0.15, 0.2) is 0 Å². The summed E-state index contributed by atoms with van der Waals surface area (Å²) in [5.41, 5.74) is 0. The quantitative estimate of drug-likeness (QED) is 0.640. The summed E-state index contributed by atoms with van der Waals surface area (Å²) in [5, 5.41) is 3.53. The van der Waals surface area contributed by atoms with Crippen LogP contribution in [0.2, 0.25) is 0 Å². The van der Waals surface area contributed by atoms with Crippen LogP contribution < -0.4 is 5.32 Å². The molecule has 0 aromatic heterocycles. The van der Waals surface area contributed by atoms with Crippen molar-refractivity contribution in [3.05, 3.63) is 0 Å². The molecule has 1 aliphatic carbocycles. The molecule has 1 rings (SSSR count). The third-order valence-electron chi connectivity index (χ3n) is 3.69. The van der Waals surface area contributed by atoms with Crippen LogP contribution in [0, 0.1) is 0 Å². The van der Waals surface area contributed by atoms with E-state index in [1.165, 1.54) is 69.7 Å². The van der Waals surface area contributed by atoms with Gasteiger partial charge in [-0.3, -0.25) is 0 Å². The zero-order chi connectivity index (χ0) is 12.3. The smallest absolute Gasteiger partial charge is 0.00922 e. The Kier molecular flexibility index (Phi) is 9.21. The number of nitrogens with one attached hydrogen (secondary N) is 1. The maximum Gasteiger partial charge on any atom is 0.00922 e. The topological polar surface area (TPSA) is 15.3 Å². The fourth-order valence-corrected chi connectivity index (χ4v) is 3.15. The maximum atomic E-state index is 3.53. The van der Waals surface area contributed by atoms with Gasteiger partial charge < -0.3 is 10.2 Å². The Morgan fingerprint density at radius 3 is 2.65 bits per heavy atom. The lowest BCUT2D eigenvalue weighted by Gasteiger charge is -2.31. The van der Waals surface area contributed by atoms with E-state index >= 15 is 0 Å². The zero-order valence-electron chi connectivity index (χ0n) is 11.7. The van der Waals surface area contributed by atoms with E-state index < -0.39 is 0 Å². The molecule has 2 nitrogen and oxygen atoms in total. The molecule has 0 amide bonds. The van der Waals surface area contributed by atoms with E-state index in [9.17, 15) is 0 Å². The lowest BCUT2D eigenvalue weighted by atomic mass is 9.94. The van der Waals surface area contributed by atoms with E-state index in [4.69, 9.17) is 0 Å². The Morgan fingerprint density at radius 1 is 1.18 bits per heavy atom. The predicted octanol–water partition coefficient (Wildman–Crippen LogP) is 2.98. The van der Waals surface area contributed by atoms with Crippen molar-refractivity contribution in [2.45, 2.75) is 51.5 Å². The SMILES string of the molecule is CCSCCNCCCN(C)C1CCCCC1. The number of hydrogen-bond donors (Lipinski definition) is 1. The lowest BCUT2D eigenvalue weighted by molar-refractivity contribution is 0.190. The highest BCUT2D eigenvalue weighted by molar-refractivity contribution is 7.99. The van der Waals surface area contributed by atoms with Gasteiger partial charge in [0.25, 0.3) is 0 Å². The first-order valence-electron chi connectivity index (χ1n) is 7.33. The highest BCUT2D eigenvalue weighted by Gasteiger charge is 2.16. The molecule has 0 atom stereocenters. The van der Waals surface area contributed by atoms with Crippen LogP contribution in [0.3, 0.4) is 0 Å². The van der Waals surface area contributed by atoms with Crippen LogP contribution in [0.15, 0.2) is 0 Å². The minimum absolute atomic E-state index is 0.874. The summed E-state index contributed by atoms with van der Waals surface area (Å²) in [6.45, 7) is 5.84. The van der Waals surface area contributed by atoms with Crippen LogP contribution in [0.5, 0.6) is 0 Å². The van der Waals surface area contributed by atoms with Crippen molar-refractivity contribution in [1.82, 2.24) is 10.2 Å². The minimum Gasteiger partial charge on any atom is -0.316 e. The molecule has 0 spiro atoms. The van der Waals surface area contributed by atoms with Crippen molar-refractivity contribution in [2.75, 3.05) is 38.2 Å². The molecule has 0 heterocycles. The van der Waals surface area contributed by atoms with Gasteiger partial charge in [0, 0.05) is 18.3 Å². The molecular formula is C14H30N2S. The highest BCUT2D eigenvalue weighted by Crippen LogP contribution is 2.21. The van der Waals surface area contributed by atoms with Crippen molar-refractivity contribution in [3.8, 4) is 0 Å². The number of rotatable bonds is 9. The molecule has 1 saturated carbocycles. The van der Waals surface area contributed by atoms with E-state index in [1.807, 2.05) is 11.8 Å². The lowest BCUT2D eigenvalue weighted by Crippen LogP contribution is -2.35. The first kappa shape index (κ1) is 15.3. The molecule has 0 aromatic carbocycles. The molecule has 1 aliphatic rings. The fourth-order valence-electron chi connectivity index (χ4n) is 2.57. The Balaban J connectivity index is 1.90. The van der Waals surface area contributed by atoms with Crippen LogP contribution in [0.4, 0.5) is 0 Å². The van der Waals surface area contributed by atoms with Gasteiger partial charge in [0.05, 0.1) is 0 Å². The van der Waals surface area contributed by atoms with Crippen molar-refractivity contribution in [1.29, 1.82) is 0 Å². The summed E-state index contributed by atoms with van der Waals surface area (Å²) in [4.78, 5) is 2.58. The normalized spacial score (nSPS) is 17.8. The minimum atomic E-state index is 0.874. The molecule has 1 N–H and O–H groups in total. The number of nitrogens with zero attached hydrogens (tertiary/aromatic N) is 1. The molecule has 0 aromatic rings. The second kappa shape index (κ2) is 10.2. The van der Waals surface area contributed by atoms with Crippen molar-refractivity contribution in [2.24, 2.45) is 0 Å². The third kappa shape index (κ3) is 7.32. The Morgan fingerprint density at radius 2 is 1.94 bits per heavy atom. The maximum absolute atomic E-state index is 3.53. The Labute approximate surface area is 112 Å². The summed E-state index contributed by atoms with van der Waals surface area (Å²) < 4.78 is 0. The van der Waals surface area contributed by atoms with E-state index in [-0.39, 0.29) is 0 Å². The predicted molar refractivity (Wildman–Crippen MR) is 80.0 cm³/mol. The molecule has 0 bridgehead atoms. The van der Waals surface area contributed by atoms with E-state index in [0.717, 1.165) is 6.04 Å². The van der Waals surface area contributed by atoms with Gasteiger partial charge in [-0.25, -0.2) is 0 Å². The van der Waals surface area contributed by atoms with Gasteiger partial charge in [-0.1, -0.05) is 26.2 Å².